The topological polar surface area (TPSA) is 228 Å². The number of ether oxygens (including phenoxy) is 1. The monoisotopic (exact) mass is 661 g/mol. The van der Waals surface area contributed by atoms with E-state index >= 15 is 0 Å². The maximum absolute atomic E-state index is 13.0. The lowest BCUT2D eigenvalue weighted by Crippen LogP contribution is -2.44. The number of hydrogen-bond donors (Lipinski definition) is 6. The summed E-state index contributed by atoms with van der Waals surface area (Å²) in [6.45, 7) is 0.410. The molecule has 3 atom stereocenters. The first-order valence-electron chi connectivity index (χ1n) is 15.0. The van der Waals surface area contributed by atoms with Crippen LogP contribution in [0.1, 0.15) is 65.5 Å². The SMILES string of the molecule is C#CCN(c1ccc(C(=O)N[C@@H](CCC(=O)N[C@H](CCC(=O)O)C(=O)O)C(=O)O)cc1)C1CCc2cc3nc(COC)[nH]c(=O)c3cc21. The number of hydrogen-bond acceptors (Lipinski definition) is 9. The van der Waals surface area contributed by atoms with Crippen molar-refractivity contribution < 1.29 is 44.0 Å². The van der Waals surface area contributed by atoms with Gasteiger partial charge < -0.3 is 40.6 Å². The number of amides is 2. The molecule has 15 nitrogen and oxygen atoms in total. The molecule has 1 aliphatic rings. The minimum Gasteiger partial charge on any atom is -0.481 e. The van der Waals surface area contributed by atoms with Crippen molar-refractivity contribution in [3.05, 3.63) is 69.3 Å². The van der Waals surface area contributed by atoms with Crippen LogP contribution in [0.15, 0.2) is 41.2 Å². The normalized spacial score (nSPS) is 14.7. The number of methoxy groups -OCH3 is 1. The number of carbonyl (C=O) groups excluding carboxylic acids is 2. The molecule has 4 rings (SSSR count). The van der Waals surface area contributed by atoms with E-state index in [0.717, 1.165) is 24.0 Å². The fraction of sp³-hybridized carbons (Fsp3) is 0.364. The minimum absolute atomic E-state index is 0.150. The summed E-state index contributed by atoms with van der Waals surface area (Å²) < 4.78 is 5.10. The lowest BCUT2D eigenvalue weighted by molar-refractivity contribution is -0.143. The number of carboxylic acid groups (broad SMARTS) is 3. The van der Waals surface area contributed by atoms with Gasteiger partial charge in [-0.1, -0.05) is 5.92 Å². The summed E-state index contributed by atoms with van der Waals surface area (Å²) >= 11 is 0. The van der Waals surface area contributed by atoms with E-state index in [2.05, 4.69) is 26.5 Å². The molecule has 2 amide bonds. The number of rotatable bonds is 16. The molecule has 0 bridgehead atoms. The van der Waals surface area contributed by atoms with Gasteiger partial charge in [-0.25, -0.2) is 14.6 Å². The van der Waals surface area contributed by atoms with Crippen LogP contribution < -0.4 is 21.1 Å². The number of fused-ring (bicyclic) bond motifs is 2. The Labute approximate surface area is 274 Å². The number of anilines is 1. The molecule has 0 saturated carbocycles. The minimum atomic E-state index is -1.46. The Morgan fingerprint density at radius 1 is 1.04 bits per heavy atom. The van der Waals surface area contributed by atoms with Gasteiger partial charge in [-0.3, -0.25) is 19.2 Å². The number of aryl methyl sites for hydroxylation is 1. The van der Waals surface area contributed by atoms with Gasteiger partial charge in [0.15, 0.2) is 0 Å². The molecule has 0 aliphatic heterocycles. The number of nitrogens with one attached hydrogen (secondary N) is 3. The molecule has 1 aliphatic carbocycles. The first-order valence-corrected chi connectivity index (χ1v) is 15.0. The van der Waals surface area contributed by atoms with E-state index in [0.29, 0.717) is 22.4 Å². The van der Waals surface area contributed by atoms with Gasteiger partial charge >= 0.3 is 17.9 Å². The number of carbonyl (C=O) groups is 5. The smallest absolute Gasteiger partial charge is 0.326 e. The van der Waals surface area contributed by atoms with Gasteiger partial charge in [0, 0.05) is 31.2 Å². The Hall–Kier alpha value is -5.75. The second-order valence-electron chi connectivity index (χ2n) is 11.2. The average Bonchev–Trinajstić information content (AvgIpc) is 3.45. The predicted octanol–water partition coefficient (Wildman–Crippen LogP) is 1.59. The summed E-state index contributed by atoms with van der Waals surface area (Å²) in [5.41, 5.74) is 3.13. The molecule has 1 unspecified atom stereocenters. The van der Waals surface area contributed by atoms with Gasteiger partial charge in [-0.15, -0.1) is 6.42 Å². The molecule has 48 heavy (non-hydrogen) atoms. The molecular weight excluding hydrogens is 626 g/mol. The highest BCUT2D eigenvalue weighted by Crippen LogP contribution is 2.39. The number of aliphatic carboxylic acids is 3. The summed E-state index contributed by atoms with van der Waals surface area (Å²) in [5, 5.41) is 32.6. The van der Waals surface area contributed by atoms with Crippen LogP contribution in [-0.4, -0.2) is 80.7 Å². The Morgan fingerprint density at radius 2 is 1.71 bits per heavy atom. The Balaban J connectivity index is 1.44. The van der Waals surface area contributed by atoms with Crippen molar-refractivity contribution >= 4 is 46.3 Å². The number of benzene rings is 2. The molecule has 1 heterocycles. The van der Waals surface area contributed by atoms with E-state index in [-0.39, 0.29) is 43.2 Å². The number of nitrogens with zero attached hydrogens (tertiary/aromatic N) is 2. The van der Waals surface area contributed by atoms with E-state index in [1.807, 2.05) is 17.0 Å². The Kier molecular flexibility index (Phi) is 11.5. The summed E-state index contributed by atoms with van der Waals surface area (Å²) in [6.07, 6.45) is 5.59. The van der Waals surface area contributed by atoms with Crippen LogP contribution >= 0.6 is 0 Å². The Morgan fingerprint density at radius 3 is 2.33 bits per heavy atom. The molecular formula is C33H35N5O10. The van der Waals surface area contributed by atoms with Crippen LogP contribution in [0.25, 0.3) is 10.9 Å². The summed E-state index contributed by atoms with van der Waals surface area (Å²) in [4.78, 5) is 81.2. The van der Waals surface area contributed by atoms with Crippen LogP contribution in [-0.2, 0) is 36.9 Å². The van der Waals surface area contributed by atoms with Gasteiger partial charge in [-0.2, -0.15) is 0 Å². The lowest BCUT2D eigenvalue weighted by Gasteiger charge is -2.30. The van der Waals surface area contributed by atoms with E-state index < -0.39 is 54.6 Å². The quantitative estimate of drug-likeness (QED) is 0.120. The second kappa shape index (κ2) is 15.7. The lowest BCUT2D eigenvalue weighted by atomic mass is 10.0. The van der Waals surface area contributed by atoms with Crippen molar-refractivity contribution in [2.45, 2.75) is 63.3 Å². The Bertz CT molecular complexity index is 1810. The van der Waals surface area contributed by atoms with E-state index in [1.54, 1.807) is 12.1 Å². The summed E-state index contributed by atoms with van der Waals surface area (Å²) in [7, 11) is 1.52. The van der Waals surface area contributed by atoms with Crippen molar-refractivity contribution in [2.24, 2.45) is 0 Å². The zero-order valence-electron chi connectivity index (χ0n) is 26.0. The zero-order valence-corrected chi connectivity index (χ0v) is 26.0. The van der Waals surface area contributed by atoms with Crippen molar-refractivity contribution in [1.29, 1.82) is 0 Å². The average molecular weight is 662 g/mol. The predicted molar refractivity (Wildman–Crippen MR) is 171 cm³/mol. The molecule has 15 heteroatoms. The highest BCUT2D eigenvalue weighted by atomic mass is 16.5. The van der Waals surface area contributed by atoms with Gasteiger partial charge in [0.05, 0.1) is 23.5 Å². The van der Waals surface area contributed by atoms with Crippen LogP contribution in [0, 0.1) is 12.3 Å². The fourth-order valence-electron chi connectivity index (χ4n) is 5.65. The number of aromatic amines is 1. The molecule has 0 saturated heterocycles. The van der Waals surface area contributed by atoms with Gasteiger partial charge in [0.1, 0.15) is 24.5 Å². The number of terminal acetylenes is 1. The van der Waals surface area contributed by atoms with Crippen molar-refractivity contribution in [3.8, 4) is 12.3 Å². The molecule has 0 radical (unpaired) electrons. The van der Waals surface area contributed by atoms with Gasteiger partial charge in [-0.05, 0) is 73.2 Å². The third-order valence-electron chi connectivity index (χ3n) is 7.99. The van der Waals surface area contributed by atoms with E-state index in [9.17, 15) is 39.0 Å². The molecule has 0 spiro atoms. The second-order valence-corrected chi connectivity index (χ2v) is 11.2. The highest BCUT2D eigenvalue weighted by Gasteiger charge is 2.30. The molecule has 0 fully saturated rings. The van der Waals surface area contributed by atoms with Crippen LogP contribution in [0.3, 0.4) is 0 Å². The first kappa shape index (κ1) is 35.1. The van der Waals surface area contributed by atoms with E-state index in [1.165, 1.54) is 19.2 Å². The maximum Gasteiger partial charge on any atom is 0.326 e. The van der Waals surface area contributed by atoms with Gasteiger partial charge in [0.2, 0.25) is 5.91 Å². The maximum atomic E-state index is 13.0. The van der Waals surface area contributed by atoms with E-state index in [4.69, 9.17) is 16.3 Å². The molecule has 1 aromatic heterocycles. The van der Waals surface area contributed by atoms with Crippen LogP contribution in [0.2, 0.25) is 0 Å². The highest BCUT2D eigenvalue weighted by molar-refractivity contribution is 5.97. The fourth-order valence-corrected chi connectivity index (χ4v) is 5.65. The third-order valence-corrected chi connectivity index (χ3v) is 7.99. The molecule has 252 valence electrons. The van der Waals surface area contributed by atoms with Crippen LogP contribution in [0.4, 0.5) is 5.69 Å². The molecule has 6 N–H and O–H groups in total. The number of H-pyrrole nitrogens is 1. The standard InChI is InChI=1S/C33H35N5O10/c1-3-14-38(26-11-6-19-15-25-22(16-21(19)26)31(43)37-27(34-25)17-48-2)20-7-4-18(5-8-20)30(42)36-24(33(46)47)9-12-28(39)35-23(32(44)45)10-13-29(40)41/h1,4-5,7-8,15-16,23-24,26H,6,9-14,17H2,2H3,(H,35,39)(H,36,42)(H,40,41)(H,44,45)(H,46,47)(H,34,37,43)/t23-,24+,26?/m1/s1. The molecule has 3 aromatic rings. The third kappa shape index (κ3) is 8.53. The van der Waals surface area contributed by atoms with Crippen molar-refractivity contribution in [3.63, 3.8) is 0 Å². The zero-order chi connectivity index (χ0) is 35.0. The number of aromatic nitrogens is 2. The summed E-state index contributed by atoms with van der Waals surface area (Å²) in [5.74, 6) is -2.46. The van der Waals surface area contributed by atoms with Crippen molar-refractivity contribution in [2.75, 3.05) is 18.6 Å². The summed E-state index contributed by atoms with van der Waals surface area (Å²) in [6, 6.07) is 7.07. The van der Waals surface area contributed by atoms with Crippen molar-refractivity contribution in [1.82, 2.24) is 20.6 Å². The number of carboxylic acids is 3. The van der Waals surface area contributed by atoms with Gasteiger partial charge in [0.25, 0.3) is 11.5 Å². The molecule has 2 aromatic carbocycles. The largest absolute Gasteiger partial charge is 0.481 e. The van der Waals surface area contributed by atoms with Crippen LogP contribution in [0.5, 0.6) is 0 Å². The first-order chi connectivity index (χ1) is 22.9.